The van der Waals surface area contributed by atoms with Crippen LogP contribution < -0.4 is 5.56 Å². The van der Waals surface area contributed by atoms with Crippen LogP contribution in [0.1, 0.15) is 11.1 Å². The van der Waals surface area contributed by atoms with E-state index in [1.165, 1.54) is 12.3 Å². The molecular weight excluding hydrogens is 350 g/mol. The predicted octanol–water partition coefficient (Wildman–Crippen LogP) is 3.88. The second-order valence-electron chi connectivity index (χ2n) is 6.24. The summed E-state index contributed by atoms with van der Waals surface area (Å²) < 4.78 is 3.29. The summed E-state index contributed by atoms with van der Waals surface area (Å²) in [7, 11) is 0. The highest BCUT2D eigenvalue weighted by Gasteiger charge is 2.14. The van der Waals surface area contributed by atoms with Gasteiger partial charge in [-0.15, -0.1) is 0 Å². The minimum Gasteiger partial charge on any atom is -0.507 e. The lowest BCUT2D eigenvalue weighted by Crippen LogP contribution is -2.22. The summed E-state index contributed by atoms with van der Waals surface area (Å²) in [5.41, 5.74) is 3.66. The van der Waals surface area contributed by atoms with Crippen molar-refractivity contribution >= 4 is 17.1 Å². The molecule has 2 aromatic carbocycles. The Bertz CT molecular complexity index is 1160. The fourth-order valence-corrected chi connectivity index (χ4v) is 3.15. The quantitative estimate of drug-likeness (QED) is 0.599. The molecule has 4 aromatic rings. The van der Waals surface area contributed by atoms with Gasteiger partial charge in [-0.1, -0.05) is 41.4 Å². The Morgan fingerprint density at radius 2 is 1.92 bits per heavy atom. The number of rotatable bonds is 3. The Labute approximate surface area is 154 Å². The zero-order valence-electron chi connectivity index (χ0n) is 14.1. The number of phenols is 1. The summed E-state index contributed by atoms with van der Waals surface area (Å²) in [4.78, 5) is 16.9. The Morgan fingerprint density at radius 1 is 1.15 bits per heavy atom. The summed E-state index contributed by atoms with van der Waals surface area (Å²) in [5, 5.41) is 10.8. The van der Waals surface area contributed by atoms with Gasteiger partial charge in [0.15, 0.2) is 0 Å². The molecule has 0 atom stereocenters. The van der Waals surface area contributed by atoms with Crippen molar-refractivity contribution in [3.8, 4) is 17.0 Å². The number of hydrogen-bond acceptors (Lipinski definition) is 3. The van der Waals surface area contributed by atoms with E-state index < -0.39 is 0 Å². The molecule has 5 nitrogen and oxygen atoms in total. The molecule has 1 N–H and O–H groups in total. The van der Waals surface area contributed by atoms with Crippen LogP contribution in [0.2, 0.25) is 5.02 Å². The predicted molar refractivity (Wildman–Crippen MR) is 102 cm³/mol. The van der Waals surface area contributed by atoms with Gasteiger partial charge in [0.25, 0.3) is 5.56 Å². The highest BCUT2D eigenvalue weighted by Crippen LogP contribution is 2.31. The average Bonchev–Trinajstić information content (AvgIpc) is 3.12. The second-order valence-corrected chi connectivity index (χ2v) is 6.68. The van der Waals surface area contributed by atoms with Gasteiger partial charge in [-0.05, 0) is 30.7 Å². The van der Waals surface area contributed by atoms with Crippen LogP contribution in [0.25, 0.3) is 16.8 Å². The lowest BCUT2D eigenvalue weighted by molar-refractivity contribution is 0.477. The first-order valence-electron chi connectivity index (χ1n) is 8.13. The Kier molecular flexibility index (Phi) is 4.01. The van der Waals surface area contributed by atoms with Crippen LogP contribution >= 0.6 is 11.6 Å². The number of benzene rings is 2. The molecule has 0 bridgehead atoms. The van der Waals surface area contributed by atoms with Gasteiger partial charge < -0.3 is 9.67 Å². The van der Waals surface area contributed by atoms with Gasteiger partial charge in [-0.2, -0.15) is 0 Å². The number of halogens is 1. The fraction of sp³-hybridized carbons (Fsp3) is 0.100. The third-order valence-corrected chi connectivity index (χ3v) is 4.60. The molecule has 2 heterocycles. The van der Waals surface area contributed by atoms with Crippen molar-refractivity contribution < 1.29 is 5.11 Å². The molecule has 4 rings (SSSR count). The monoisotopic (exact) mass is 365 g/mol. The molecular formula is C20H16ClN3O2. The third-order valence-electron chi connectivity index (χ3n) is 4.36. The number of phenolic OH excluding ortho intramolecular Hbond substituents is 1. The largest absolute Gasteiger partial charge is 0.507 e. The van der Waals surface area contributed by atoms with E-state index in [9.17, 15) is 9.90 Å². The van der Waals surface area contributed by atoms with Crippen molar-refractivity contribution in [1.82, 2.24) is 14.0 Å². The average molecular weight is 366 g/mol. The molecule has 0 radical (unpaired) electrons. The standard InChI is InChI=1S/C20H16ClN3O2/c1-13-2-4-14(5-3-13)10-23-11-18(16-8-15(21)6-7-19(16)25)24-12-22-9-17(24)20(23)26/h2-9,11-12,25H,10H2,1H3. The van der Waals surface area contributed by atoms with E-state index in [0.717, 1.165) is 11.1 Å². The molecule has 0 saturated carbocycles. The molecule has 0 unspecified atom stereocenters. The number of nitrogens with zero attached hydrogens (tertiary/aromatic N) is 3. The van der Waals surface area contributed by atoms with E-state index in [0.29, 0.717) is 28.3 Å². The van der Waals surface area contributed by atoms with Crippen LogP contribution in [-0.2, 0) is 6.54 Å². The van der Waals surface area contributed by atoms with E-state index in [2.05, 4.69) is 4.98 Å². The van der Waals surface area contributed by atoms with Crippen LogP contribution in [0.5, 0.6) is 5.75 Å². The summed E-state index contributed by atoms with van der Waals surface area (Å²) in [6.07, 6.45) is 4.81. The highest BCUT2D eigenvalue weighted by atomic mass is 35.5. The molecule has 0 saturated heterocycles. The van der Waals surface area contributed by atoms with Gasteiger partial charge in [0.05, 0.1) is 24.8 Å². The molecule has 26 heavy (non-hydrogen) atoms. The van der Waals surface area contributed by atoms with Crippen molar-refractivity contribution in [3.63, 3.8) is 0 Å². The van der Waals surface area contributed by atoms with Gasteiger partial charge in [0.2, 0.25) is 0 Å². The molecule has 0 aliphatic heterocycles. The first-order chi connectivity index (χ1) is 12.5. The zero-order chi connectivity index (χ0) is 18.3. The van der Waals surface area contributed by atoms with Crippen LogP contribution in [0, 0.1) is 6.92 Å². The van der Waals surface area contributed by atoms with Gasteiger partial charge in [0, 0.05) is 16.8 Å². The Morgan fingerprint density at radius 3 is 2.69 bits per heavy atom. The van der Waals surface area contributed by atoms with E-state index in [4.69, 9.17) is 11.6 Å². The maximum atomic E-state index is 12.8. The van der Waals surface area contributed by atoms with Gasteiger partial charge in [-0.25, -0.2) is 4.98 Å². The first-order valence-corrected chi connectivity index (χ1v) is 8.50. The molecule has 0 spiro atoms. The normalized spacial score (nSPS) is 11.2. The highest BCUT2D eigenvalue weighted by molar-refractivity contribution is 6.30. The third kappa shape index (κ3) is 2.86. The fourth-order valence-electron chi connectivity index (χ4n) is 2.98. The molecule has 0 aliphatic carbocycles. The topological polar surface area (TPSA) is 59.5 Å². The maximum absolute atomic E-state index is 12.8. The summed E-state index contributed by atoms with van der Waals surface area (Å²) in [6.45, 7) is 2.45. The minimum atomic E-state index is -0.145. The lowest BCUT2D eigenvalue weighted by Gasteiger charge is -2.13. The summed E-state index contributed by atoms with van der Waals surface area (Å²) >= 11 is 6.10. The minimum absolute atomic E-state index is 0.0879. The molecule has 130 valence electrons. The van der Waals surface area contributed by atoms with E-state index in [1.807, 2.05) is 31.2 Å². The molecule has 2 aromatic heterocycles. The van der Waals surface area contributed by atoms with Crippen molar-refractivity contribution in [2.24, 2.45) is 0 Å². The zero-order valence-corrected chi connectivity index (χ0v) is 14.8. The summed E-state index contributed by atoms with van der Waals surface area (Å²) in [5.74, 6) is 0.0879. The van der Waals surface area contributed by atoms with Crippen LogP contribution in [-0.4, -0.2) is 19.1 Å². The number of fused-ring (bicyclic) bond motifs is 1. The van der Waals surface area contributed by atoms with Crippen LogP contribution in [0.3, 0.4) is 0 Å². The molecule has 0 aliphatic rings. The van der Waals surface area contributed by atoms with Gasteiger partial charge in [0.1, 0.15) is 11.3 Å². The number of imidazole rings is 1. The number of aryl methyl sites for hydroxylation is 1. The smallest absolute Gasteiger partial charge is 0.276 e. The van der Waals surface area contributed by atoms with Crippen LogP contribution in [0.4, 0.5) is 0 Å². The lowest BCUT2D eigenvalue weighted by atomic mass is 10.1. The van der Waals surface area contributed by atoms with Crippen LogP contribution in [0.15, 0.2) is 66.0 Å². The van der Waals surface area contributed by atoms with Gasteiger partial charge >= 0.3 is 0 Å². The summed E-state index contributed by atoms with van der Waals surface area (Å²) in [6, 6.07) is 12.9. The Balaban J connectivity index is 1.92. The first kappa shape index (κ1) is 16.4. The van der Waals surface area contributed by atoms with E-state index in [-0.39, 0.29) is 11.3 Å². The van der Waals surface area contributed by atoms with E-state index in [1.54, 1.807) is 33.6 Å². The van der Waals surface area contributed by atoms with E-state index >= 15 is 0 Å². The van der Waals surface area contributed by atoms with Gasteiger partial charge in [-0.3, -0.25) is 9.20 Å². The SMILES string of the molecule is Cc1ccc(Cn2cc(-c3cc(Cl)ccc3O)n3cncc3c2=O)cc1. The molecule has 0 fully saturated rings. The number of aromatic hydroxyl groups is 1. The maximum Gasteiger partial charge on any atom is 0.276 e. The second kappa shape index (κ2) is 6.35. The Hall–Kier alpha value is -3.05. The molecule has 0 amide bonds. The number of hydrogen-bond donors (Lipinski definition) is 1. The number of aromatic nitrogens is 3. The molecule has 6 heteroatoms. The van der Waals surface area contributed by atoms with Crippen molar-refractivity contribution in [3.05, 3.63) is 87.7 Å². The van der Waals surface area contributed by atoms with Crippen molar-refractivity contribution in [2.45, 2.75) is 13.5 Å². The van der Waals surface area contributed by atoms with Crippen molar-refractivity contribution in [1.29, 1.82) is 0 Å². The van der Waals surface area contributed by atoms with Crippen molar-refractivity contribution in [2.75, 3.05) is 0 Å².